The van der Waals surface area contributed by atoms with E-state index in [0.29, 0.717) is 5.92 Å². The summed E-state index contributed by atoms with van der Waals surface area (Å²) in [5.41, 5.74) is 7.04. The molecule has 1 aromatic rings. The summed E-state index contributed by atoms with van der Waals surface area (Å²) in [6, 6.07) is 0.0725. The molecule has 4 heteroatoms. The zero-order chi connectivity index (χ0) is 9.84. The van der Waals surface area contributed by atoms with Crippen LogP contribution in [0.1, 0.15) is 32.0 Å². The average molecular weight is 199 g/mol. The molecule has 13 heavy (non-hydrogen) atoms. The van der Waals surface area contributed by atoms with Gasteiger partial charge in [0.05, 0.1) is 11.7 Å². The lowest BCUT2D eigenvalue weighted by Crippen LogP contribution is -2.18. The van der Waals surface area contributed by atoms with E-state index < -0.39 is 0 Å². The van der Waals surface area contributed by atoms with Crippen molar-refractivity contribution in [3.05, 3.63) is 11.1 Å². The van der Waals surface area contributed by atoms with E-state index in [4.69, 9.17) is 5.73 Å². The Hall–Kier alpha value is -0.610. The number of rotatable bonds is 4. The molecule has 0 amide bonds. The summed E-state index contributed by atoms with van der Waals surface area (Å²) >= 11 is 1.60. The van der Waals surface area contributed by atoms with Crippen LogP contribution in [-0.2, 0) is 0 Å². The van der Waals surface area contributed by atoms with Gasteiger partial charge in [-0.2, -0.15) is 0 Å². The molecule has 2 atom stereocenters. The van der Waals surface area contributed by atoms with Gasteiger partial charge >= 0.3 is 0 Å². The highest BCUT2D eigenvalue weighted by atomic mass is 32.1. The van der Waals surface area contributed by atoms with Gasteiger partial charge in [0.2, 0.25) is 0 Å². The van der Waals surface area contributed by atoms with Crippen LogP contribution in [0, 0.1) is 5.92 Å². The third-order valence-electron chi connectivity index (χ3n) is 2.33. The van der Waals surface area contributed by atoms with E-state index in [2.05, 4.69) is 24.1 Å². The van der Waals surface area contributed by atoms with E-state index in [9.17, 15) is 0 Å². The van der Waals surface area contributed by atoms with Crippen molar-refractivity contribution in [2.45, 2.75) is 26.3 Å². The second kappa shape index (κ2) is 4.58. The molecule has 0 aliphatic carbocycles. The lowest BCUT2D eigenvalue weighted by Gasteiger charge is -2.15. The molecular weight excluding hydrogens is 182 g/mol. The van der Waals surface area contributed by atoms with Crippen LogP contribution in [0.5, 0.6) is 0 Å². The standard InChI is InChI=1S/C9H17N3S/c1-4-6(2)8(10)7-5-13-9(11-3)12-7/h5-6,8H,4,10H2,1-3H3,(H,11,12). The molecule has 0 saturated carbocycles. The maximum Gasteiger partial charge on any atom is 0.182 e. The van der Waals surface area contributed by atoms with Gasteiger partial charge in [-0.05, 0) is 5.92 Å². The average Bonchev–Trinajstić information content (AvgIpc) is 2.63. The SMILES string of the molecule is CCC(C)C(N)c1csc(NC)n1. The fourth-order valence-electron chi connectivity index (χ4n) is 1.10. The van der Waals surface area contributed by atoms with Crippen molar-refractivity contribution >= 4 is 16.5 Å². The molecule has 0 saturated heterocycles. The topological polar surface area (TPSA) is 50.9 Å². The van der Waals surface area contributed by atoms with Crippen molar-refractivity contribution in [1.82, 2.24) is 4.98 Å². The van der Waals surface area contributed by atoms with Gasteiger partial charge in [0.25, 0.3) is 0 Å². The van der Waals surface area contributed by atoms with Crippen molar-refractivity contribution < 1.29 is 0 Å². The van der Waals surface area contributed by atoms with Crippen molar-refractivity contribution in [2.24, 2.45) is 11.7 Å². The maximum absolute atomic E-state index is 6.03. The minimum atomic E-state index is 0.0725. The molecule has 1 aromatic heterocycles. The first kappa shape index (κ1) is 10.5. The summed E-state index contributed by atoms with van der Waals surface area (Å²) in [7, 11) is 1.87. The van der Waals surface area contributed by atoms with Crippen LogP contribution in [0.4, 0.5) is 5.13 Å². The molecule has 0 radical (unpaired) electrons. The van der Waals surface area contributed by atoms with Crippen LogP contribution >= 0.6 is 11.3 Å². The van der Waals surface area contributed by atoms with Gasteiger partial charge in [0.1, 0.15) is 0 Å². The summed E-state index contributed by atoms with van der Waals surface area (Å²) in [5.74, 6) is 0.492. The van der Waals surface area contributed by atoms with E-state index in [-0.39, 0.29) is 6.04 Å². The van der Waals surface area contributed by atoms with Crippen LogP contribution in [0.3, 0.4) is 0 Å². The van der Waals surface area contributed by atoms with Crippen molar-refractivity contribution in [3.63, 3.8) is 0 Å². The lowest BCUT2D eigenvalue weighted by molar-refractivity contribution is 0.450. The Morgan fingerprint density at radius 3 is 2.85 bits per heavy atom. The largest absolute Gasteiger partial charge is 0.365 e. The molecule has 0 fully saturated rings. The summed E-state index contributed by atoms with van der Waals surface area (Å²) in [6.07, 6.45) is 1.09. The van der Waals surface area contributed by atoms with E-state index >= 15 is 0 Å². The van der Waals surface area contributed by atoms with Crippen LogP contribution in [-0.4, -0.2) is 12.0 Å². The first-order valence-electron chi connectivity index (χ1n) is 4.57. The molecule has 3 nitrogen and oxygen atoms in total. The monoisotopic (exact) mass is 199 g/mol. The van der Waals surface area contributed by atoms with E-state index in [1.54, 1.807) is 11.3 Å². The van der Waals surface area contributed by atoms with E-state index in [1.807, 2.05) is 12.4 Å². The number of nitrogens with two attached hydrogens (primary N) is 1. The van der Waals surface area contributed by atoms with Gasteiger partial charge in [0.15, 0.2) is 5.13 Å². The van der Waals surface area contributed by atoms with Crippen LogP contribution < -0.4 is 11.1 Å². The number of hydrogen-bond acceptors (Lipinski definition) is 4. The molecule has 2 unspecified atom stereocenters. The molecule has 74 valence electrons. The Bertz CT molecular complexity index is 259. The summed E-state index contributed by atoms with van der Waals surface area (Å²) in [4.78, 5) is 4.38. The first-order valence-corrected chi connectivity index (χ1v) is 5.45. The van der Waals surface area contributed by atoms with Gasteiger partial charge in [-0.25, -0.2) is 4.98 Å². The first-order chi connectivity index (χ1) is 6.19. The van der Waals surface area contributed by atoms with Crippen LogP contribution in [0.15, 0.2) is 5.38 Å². The second-order valence-electron chi connectivity index (χ2n) is 3.24. The smallest absolute Gasteiger partial charge is 0.182 e. The molecule has 0 aliphatic heterocycles. The van der Waals surface area contributed by atoms with E-state index in [1.165, 1.54) is 0 Å². The summed E-state index contributed by atoms with van der Waals surface area (Å²) in [6.45, 7) is 4.30. The highest BCUT2D eigenvalue weighted by Crippen LogP contribution is 2.25. The fourth-order valence-corrected chi connectivity index (χ4v) is 1.82. The van der Waals surface area contributed by atoms with Gasteiger partial charge in [0, 0.05) is 12.4 Å². The highest BCUT2D eigenvalue weighted by Gasteiger charge is 2.15. The van der Waals surface area contributed by atoms with Gasteiger partial charge in [-0.1, -0.05) is 20.3 Å². The Kier molecular flexibility index (Phi) is 3.69. The Morgan fingerprint density at radius 1 is 1.69 bits per heavy atom. The molecule has 0 aliphatic rings. The number of nitrogens with one attached hydrogen (secondary N) is 1. The Labute approximate surface area is 83.4 Å². The number of anilines is 1. The Balaban J connectivity index is 2.70. The lowest BCUT2D eigenvalue weighted by atomic mass is 9.98. The van der Waals surface area contributed by atoms with Crippen molar-refractivity contribution in [1.29, 1.82) is 0 Å². The fraction of sp³-hybridized carbons (Fsp3) is 0.667. The number of nitrogens with zero attached hydrogens (tertiary/aromatic N) is 1. The molecule has 1 heterocycles. The summed E-state index contributed by atoms with van der Waals surface area (Å²) in [5, 5.41) is 5.98. The minimum Gasteiger partial charge on any atom is -0.365 e. The summed E-state index contributed by atoms with van der Waals surface area (Å²) < 4.78 is 0. The molecule has 1 rings (SSSR count). The number of aromatic nitrogens is 1. The van der Waals surface area contributed by atoms with E-state index in [0.717, 1.165) is 17.2 Å². The van der Waals surface area contributed by atoms with Gasteiger partial charge < -0.3 is 11.1 Å². The van der Waals surface area contributed by atoms with Crippen molar-refractivity contribution in [2.75, 3.05) is 12.4 Å². The zero-order valence-electron chi connectivity index (χ0n) is 8.37. The predicted octanol–water partition coefficient (Wildman–Crippen LogP) is 2.23. The predicted molar refractivity (Wildman–Crippen MR) is 58.0 cm³/mol. The number of thiazole rings is 1. The molecule has 3 N–H and O–H groups in total. The van der Waals surface area contributed by atoms with Crippen LogP contribution in [0.25, 0.3) is 0 Å². The maximum atomic E-state index is 6.03. The number of hydrogen-bond donors (Lipinski definition) is 2. The highest BCUT2D eigenvalue weighted by molar-refractivity contribution is 7.13. The molecular formula is C9H17N3S. The van der Waals surface area contributed by atoms with Crippen LogP contribution in [0.2, 0.25) is 0 Å². The normalized spacial score (nSPS) is 15.4. The quantitative estimate of drug-likeness (QED) is 0.782. The third-order valence-corrected chi connectivity index (χ3v) is 3.21. The second-order valence-corrected chi connectivity index (χ2v) is 4.10. The third kappa shape index (κ3) is 2.42. The zero-order valence-corrected chi connectivity index (χ0v) is 9.19. The minimum absolute atomic E-state index is 0.0725. The van der Waals surface area contributed by atoms with Crippen molar-refractivity contribution in [3.8, 4) is 0 Å². The molecule has 0 aromatic carbocycles. The van der Waals surface area contributed by atoms with Gasteiger partial charge in [-0.3, -0.25) is 0 Å². The molecule has 0 spiro atoms. The van der Waals surface area contributed by atoms with Gasteiger partial charge in [-0.15, -0.1) is 11.3 Å². The molecule has 0 bridgehead atoms. The Morgan fingerprint density at radius 2 is 2.38 bits per heavy atom.